The summed E-state index contributed by atoms with van der Waals surface area (Å²) in [6.07, 6.45) is 3.53. The average Bonchev–Trinajstić information content (AvgIpc) is 2.58. The summed E-state index contributed by atoms with van der Waals surface area (Å²) in [5.74, 6) is 1.97. The molecular formula is C11H18N4O. The first kappa shape index (κ1) is 10.2. The molecule has 1 saturated carbocycles. The SMILES string of the molecule is Cc1nnc(C2NCCOC23CCC3)n1C. The molecule has 0 amide bonds. The molecule has 1 aliphatic heterocycles. The summed E-state index contributed by atoms with van der Waals surface area (Å²) in [6.45, 7) is 3.69. The minimum atomic E-state index is -0.00845. The van der Waals surface area contributed by atoms with Crippen molar-refractivity contribution in [1.29, 1.82) is 0 Å². The van der Waals surface area contributed by atoms with Crippen LogP contribution < -0.4 is 5.32 Å². The number of morpholine rings is 1. The summed E-state index contributed by atoms with van der Waals surface area (Å²) in [6, 6.07) is 0.209. The molecule has 5 heteroatoms. The lowest BCUT2D eigenvalue weighted by Crippen LogP contribution is -2.56. The van der Waals surface area contributed by atoms with E-state index in [2.05, 4.69) is 20.1 Å². The highest BCUT2D eigenvalue weighted by Crippen LogP contribution is 2.46. The number of aryl methyl sites for hydroxylation is 1. The molecule has 1 aromatic heterocycles. The third-order valence-electron chi connectivity index (χ3n) is 3.95. The Bertz CT molecular complexity index is 397. The van der Waals surface area contributed by atoms with Gasteiger partial charge in [0.2, 0.25) is 0 Å². The molecule has 2 aliphatic rings. The van der Waals surface area contributed by atoms with Crippen molar-refractivity contribution in [3.8, 4) is 0 Å². The van der Waals surface area contributed by atoms with Crippen molar-refractivity contribution >= 4 is 0 Å². The van der Waals surface area contributed by atoms with E-state index in [1.165, 1.54) is 6.42 Å². The van der Waals surface area contributed by atoms with Crippen LogP contribution in [-0.4, -0.2) is 33.5 Å². The highest BCUT2D eigenvalue weighted by atomic mass is 16.5. The number of ether oxygens (including phenoxy) is 1. The molecule has 16 heavy (non-hydrogen) atoms. The van der Waals surface area contributed by atoms with Crippen molar-refractivity contribution in [3.63, 3.8) is 0 Å². The summed E-state index contributed by atoms with van der Waals surface area (Å²) >= 11 is 0. The molecule has 1 atom stereocenters. The predicted molar refractivity (Wildman–Crippen MR) is 59.0 cm³/mol. The van der Waals surface area contributed by atoms with Crippen molar-refractivity contribution in [2.45, 2.75) is 37.8 Å². The summed E-state index contributed by atoms with van der Waals surface area (Å²) in [7, 11) is 2.02. The van der Waals surface area contributed by atoms with E-state index < -0.39 is 0 Å². The Morgan fingerprint density at radius 3 is 2.81 bits per heavy atom. The smallest absolute Gasteiger partial charge is 0.152 e. The zero-order valence-electron chi connectivity index (χ0n) is 9.86. The van der Waals surface area contributed by atoms with E-state index >= 15 is 0 Å². The molecular weight excluding hydrogens is 204 g/mol. The number of hydrogen-bond donors (Lipinski definition) is 1. The third-order valence-corrected chi connectivity index (χ3v) is 3.95. The zero-order valence-corrected chi connectivity index (χ0v) is 9.86. The van der Waals surface area contributed by atoms with E-state index in [0.717, 1.165) is 37.6 Å². The number of nitrogens with one attached hydrogen (secondary N) is 1. The van der Waals surface area contributed by atoms with Crippen molar-refractivity contribution in [1.82, 2.24) is 20.1 Å². The molecule has 0 bridgehead atoms. The van der Waals surface area contributed by atoms with Gasteiger partial charge in [-0.3, -0.25) is 0 Å². The van der Waals surface area contributed by atoms with Gasteiger partial charge in [0.1, 0.15) is 5.82 Å². The Balaban J connectivity index is 1.95. The number of hydrogen-bond acceptors (Lipinski definition) is 4. The molecule has 88 valence electrons. The van der Waals surface area contributed by atoms with Crippen LogP contribution in [0.1, 0.15) is 37.0 Å². The quantitative estimate of drug-likeness (QED) is 0.760. The van der Waals surface area contributed by atoms with Gasteiger partial charge in [0.25, 0.3) is 0 Å². The molecule has 0 aromatic carbocycles. The lowest BCUT2D eigenvalue weighted by atomic mass is 9.73. The van der Waals surface area contributed by atoms with Crippen LogP contribution in [0.15, 0.2) is 0 Å². The van der Waals surface area contributed by atoms with E-state index in [1.807, 2.05) is 14.0 Å². The maximum absolute atomic E-state index is 5.99. The molecule has 1 N–H and O–H groups in total. The number of nitrogens with zero attached hydrogens (tertiary/aromatic N) is 3. The summed E-state index contributed by atoms with van der Waals surface area (Å²) in [4.78, 5) is 0. The van der Waals surface area contributed by atoms with Gasteiger partial charge < -0.3 is 14.6 Å². The van der Waals surface area contributed by atoms with Crippen LogP contribution >= 0.6 is 0 Å². The van der Waals surface area contributed by atoms with Gasteiger partial charge in [0.15, 0.2) is 5.82 Å². The van der Waals surface area contributed by atoms with E-state index in [0.29, 0.717) is 0 Å². The summed E-state index contributed by atoms with van der Waals surface area (Å²) in [5.41, 5.74) is -0.00845. The summed E-state index contributed by atoms with van der Waals surface area (Å²) < 4.78 is 8.05. The van der Waals surface area contributed by atoms with Crippen LogP contribution in [0.2, 0.25) is 0 Å². The number of rotatable bonds is 1. The Kier molecular flexibility index (Phi) is 2.26. The number of aromatic nitrogens is 3. The van der Waals surface area contributed by atoms with Gasteiger partial charge in [-0.15, -0.1) is 10.2 Å². The van der Waals surface area contributed by atoms with E-state index in [-0.39, 0.29) is 11.6 Å². The minimum Gasteiger partial charge on any atom is -0.372 e. The molecule has 1 spiro atoms. The highest BCUT2D eigenvalue weighted by molar-refractivity contribution is 5.12. The normalized spacial score (nSPS) is 28.0. The third kappa shape index (κ3) is 1.31. The van der Waals surface area contributed by atoms with Gasteiger partial charge in [-0.2, -0.15) is 0 Å². The predicted octanol–water partition coefficient (Wildman–Crippen LogP) is 0.707. The van der Waals surface area contributed by atoms with Crippen molar-refractivity contribution in [2.75, 3.05) is 13.2 Å². The van der Waals surface area contributed by atoms with Crippen LogP contribution in [0.5, 0.6) is 0 Å². The van der Waals surface area contributed by atoms with Gasteiger partial charge >= 0.3 is 0 Å². The lowest BCUT2D eigenvalue weighted by molar-refractivity contribution is -0.148. The molecule has 1 aromatic rings. The topological polar surface area (TPSA) is 52.0 Å². The molecule has 2 heterocycles. The second-order valence-corrected chi connectivity index (χ2v) is 4.82. The highest BCUT2D eigenvalue weighted by Gasteiger charge is 2.49. The van der Waals surface area contributed by atoms with Gasteiger partial charge in [0, 0.05) is 13.6 Å². The fourth-order valence-corrected chi connectivity index (χ4v) is 2.69. The van der Waals surface area contributed by atoms with Gasteiger partial charge in [0.05, 0.1) is 18.2 Å². The van der Waals surface area contributed by atoms with Gasteiger partial charge in [-0.1, -0.05) is 0 Å². The second kappa shape index (κ2) is 3.53. The second-order valence-electron chi connectivity index (χ2n) is 4.82. The Labute approximate surface area is 95.2 Å². The van der Waals surface area contributed by atoms with Crippen LogP contribution in [0, 0.1) is 6.92 Å². The van der Waals surface area contributed by atoms with Crippen molar-refractivity contribution in [2.24, 2.45) is 7.05 Å². The molecule has 1 unspecified atom stereocenters. The fraction of sp³-hybridized carbons (Fsp3) is 0.818. The molecule has 5 nitrogen and oxygen atoms in total. The summed E-state index contributed by atoms with van der Waals surface area (Å²) in [5, 5.41) is 12.0. The fourth-order valence-electron chi connectivity index (χ4n) is 2.69. The van der Waals surface area contributed by atoms with E-state index in [9.17, 15) is 0 Å². The Morgan fingerprint density at radius 2 is 2.25 bits per heavy atom. The van der Waals surface area contributed by atoms with Gasteiger partial charge in [-0.25, -0.2) is 0 Å². The van der Waals surface area contributed by atoms with Crippen LogP contribution in [-0.2, 0) is 11.8 Å². The molecule has 1 saturated heterocycles. The van der Waals surface area contributed by atoms with Gasteiger partial charge in [-0.05, 0) is 26.2 Å². The Hall–Kier alpha value is -0.940. The standard InChI is InChI=1S/C11H18N4O/c1-8-13-14-10(15(8)2)9-11(4-3-5-11)16-7-6-12-9/h9,12H,3-7H2,1-2H3. The molecule has 2 fully saturated rings. The van der Waals surface area contributed by atoms with E-state index in [1.54, 1.807) is 0 Å². The average molecular weight is 222 g/mol. The first-order chi connectivity index (χ1) is 7.73. The minimum absolute atomic E-state index is 0.00845. The first-order valence-corrected chi connectivity index (χ1v) is 5.96. The zero-order chi connectivity index (χ0) is 11.2. The molecule has 1 aliphatic carbocycles. The lowest BCUT2D eigenvalue weighted by Gasteiger charge is -2.49. The molecule has 0 radical (unpaired) electrons. The Morgan fingerprint density at radius 1 is 1.44 bits per heavy atom. The first-order valence-electron chi connectivity index (χ1n) is 5.96. The monoisotopic (exact) mass is 222 g/mol. The largest absolute Gasteiger partial charge is 0.372 e. The molecule has 3 rings (SSSR count). The van der Waals surface area contributed by atoms with E-state index in [4.69, 9.17) is 4.74 Å². The van der Waals surface area contributed by atoms with Crippen molar-refractivity contribution in [3.05, 3.63) is 11.6 Å². The maximum Gasteiger partial charge on any atom is 0.152 e. The van der Waals surface area contributed by atoms with Crippen LogP contribution in [0.3, 0.4) is 0 Å². The maximum atomic E-state index is 5.99. The van der Waals surface area contributed by atoms with Crippen molar-refractivity contribution < 1.29 is 4.74 Å². The van der Waals surface area contributed by atoms with Crippen LogP contribution in [0.25, 0.3) is 0 Å². The van der Waals surface area contributed by atoms with Crippen LogP contribution in [0.4, 0.5) is 0 Å².